The molecule has 0 saturated carbocycles. The van der Waals surface area contributed by atoms with E-state index in [1.165, 1.54) is 10.9 Å². The van der Waals surface area contributed by atoms with Gasteiger partial charge in [0.15, 0.2) is 5.69 Å². The molecule has 2 rings (SSSR count). The number of carbonyl (C=O) groups excluding carboxylic acids is 1. The lowest BCUT2D eigenvalue weighted by molar-refractivity contribution is -0.116. The highest BCUT2D eigenvalue weighted by Gasteiger charge is 2.10. The second-order valence-corrected chi connectivity index (χ2v) is 4.60. The van der Waals surface area contributed by atoms with Gasteiger partial charge in [-0.1, -0.05) is 5.21 Å². The first-order chi connectivity index (χ1) is 9.95. The minimum atomic E-state index is -1.18. The molecule has 110 valence electrons. The highest BCUT2D eigenvalue weighted by atomic mass is 16.4. The first-order valence-corrected chi connectivity index (χ1v) is 6.16. The summed E-state index contributed by atoms with van der Waals surface area (Å²) in [5.41, 5.74) is 1.48. The fourth-order valence-electron chi connectivity index (χ4n) is 1.66. The van der Waals surface area contributed by atoms with Crippen molar-refractivity contribution in [3.63, 3.8) is 0 Å². The van der Waals surface area contributed by atoms with Crippen LogP contribution in [0.3, 0.4) is 0 Å². The van der Waals surface area contributed by atoms with Crippen molar-refractivity contribution in [3.05, 3.63) is 36.2 Å². The lowest BCUT2D eigenvalue weighted by Crippen LogP contribution is -2.19. The summed E-state index contributed by atoms with van der Waals surface area (Å²) < 4.78 is 1.17. The monoisotopic (exact) mass is 289 g/mol. The number of nitrogens with one attached hydrogen (secondary N) is 1. The number of hydrogen-bond donors (Lipinski definition) is 2. The van der Waals surface area contributed by atoms with Gasteiger partial charge in [0.2, 0.25) is 5.91 Å². The van der Waals surface area contributed by atoms with E-state index in [9.17, 15) is 9.59 Å². The van der Waals surface area contributed by atoms with Gasteiger partial charge in [0, 0.05) is 25.5 Å². The number of benzene rings is 1. The zero-order valence-electron chi connectivity index (χ0n) is 11.6. The van der Waals surface area contributed by atoms with E-state index in [1.54, 1.807) is 12.1 Å². The molecule has 0 unspecified atom stereocenters. The Morgan fingerprint density at radius 1 is 1.29 bits per heavy atom. The first kappa shape index (κ1) is 14.5. The molecule has 1 amide bonds. The van der Waals surface area contributed by atoms with E-state index in [-0.39, 0.29) is 18.1 Å². The molecule has 0 aliphatic carbocycles. The van der Waals surface area contributed by atoms with E-state index < -0.39 is 5.97 Å². The van der Waals surface area contributed by atoms with Gasteiger partial charge in [-0.3, -0.25) is 4.79 Å². The smallest absolute Gasteiger partial charge is 0.358 e. The Labute approximate surface area is 121 Å². The summed E-state index contributed by atoms with van der Waals surface area (Å²) in [6, 6.07) is 7.34. The molecule has 1 aromatic carbocycles. The van der Waals surface area contributed by atoms with Gasteiger partial charge >= 0.3 is 5.97 Å². The van der Waals surface area contributed by atoms with Gasteiger partial charge in [0.1, 0.15) is 6.54 Å². The van der Waals surface area contributed by atoms with Crippen LogP contribution in [0.2, 0.25) is 0 Å². The summed E-state index contributed by atoms with van der Waals surface area (Å²) in [7, 11) is 3.86. The van der Waals surface area contributed by atoms with Crippen molar-refractivity contribution in [2.75, 3.05) is 24.3 Å². The Kier molecular flexibility index (Phi) is 4.17. The molecule has 8 heteroatoms. The molecule has 21 heavy (non-hydrogen) atoms. The third-order valence-corrected chi connectivity index (χ3v) is 2.73. The number of carboxylic acids is 1. The van der Waals surface area contributed by atoms with E-state index in [0.29, 0.717) is 5.69 Å². The number of aromatic nitrogens is 3. The highest BCUT2D eigenvalue weighted by molar-refractivity contribution is 5.91. The summed E-state index contributed by atoms with van der Waals surface area (Å²) >= 11 is 0. The topological polar surface area (TPSA) is 100 Å². The Hall–Kier alpha value is -2.90. The van der Waals surface area contributed by atoms with Crippen molar-refractivity contribution < 1.29 is 14.7 Å². The lowest BCUT2D eigenvalue weighted by Gasteiger charge is -2.13. The summed E-state index contributed by atoms with van der Waals surface area (Å²) in [5, 5.41) is 18.4. The van der Waals surface area contributed by atoms with Gasteiger partial charge in [-0.05, 0) is 24.3 Å². The van der Waals surface area contributed by atoms with Crippen LogP contribution in [0.1, 0.15) is 10.5 Å². The van der Waals surface area contributed by atoms with Crippen LogP contribution >= 0.6 is 0 Å². The summed E-state index contributed by atoms with van der Waals surface area (Å²) in [5.74, 6) is -1.49. The highest BCUT2D eigenvalue weighted by Crippen LogP contribution is 2.15. The molecule has 0 aliphatic rings. The number of carbonyl (C=O) groups is 2. The Balaban J connectivity index is 1.96. The van der Waals surface area contributed by atoms with Crippen LogP contribution in [-0.4, -0.2) is 46.1 Å². The molecule has 0 aliphatic heterocycles. The summed E-state index contributed by atoms with van der Waals surface area (Å²) in [4.78, 5) is 24.4. The van der Waals surface area contributed by atoms with Crippen LogP contribution in [0.4, 0.5) is 11.4 Å². The van der Waals surface area contributed by atoms with Gasteiger partial charge in [0.25, 0.3) is 0 Å². The van der Waals surface area contributed by atoms with Crippen LogP contribution in [0, 0.1) is 0 Å². The quantitative estimate of drug-likeness (QED) is 0.839. The van der Waals surface area contributed by atoms with Crippen molar-refractivity contribution in [1.29, 1.82) is 0 Å². The SMILES string of the molecule is CN(C)c1ccc(NC(=O)Cn2cc(C(=O)O)nn2)cc1. The van der Waals surface area contributed by atoms with Gasteiger partial charge < -0.3 is 15.3 Å². The molecule has 1 heterocycles. The van der Waals surface area contributed by atoms with Gasteiger partial charge in [0.05, 0.1) is 6.20 Å². The van der Waals surface area contributed by atoms with E-state index in [4.69, 9.17) is 5.11 Å². The Morgan fingerprint density at radius 2 is 1.95 bits per heavy atom. The maximum Gasteiger partial charge on any atom is 0.358 e. The average molecular weight is 289 g/mol. The van der Waals surface area contributed by atoms with Crippen molar-refractivity contribution in [2.45, 2.75) is 6.54 Å². The number of aromatic carboxylic acids is 1. The minimum Gasteiger partial charge on any atom is -0.476 e. The zero-order chi connectivity index (χ0) is 15.4. The molecule has 0 fully saturated rings. The molecule has 0 bridgehead atoms. The van der Waals surface area contributed by atoms with Crippen LogP contribution in [0.25, 0.3) is 0 Å². The van der Waals surface area contributed by atoms with Crippen molar-refractivity contribution in [2.24, 2.45) is 0 Å². The number of nitrogens with zero attached hydrogens (tertiary/aromatic N) is 4. The maximum absolute atomic E-state index is 11.8. The zero-order valence-corrected chi connectivity index (χ0v) is 11.6. The fraction of sp³-hybridized carbons (Fsp3) is 0.231. The number of carboxylic acid groups (broad SMARTS) is 1. The average Bonchev–Trinajstić information content (AvgIpc) is 2.87. The van der Waals surface area contributed by atoms with Crippen LogP contribution in [0.5, 0.6) is 0 Å². The standard InChI is InChI=1S/C13H15N5O3/c1-17(2)10-5-3-9(4-6-10)14-12(19)8-18-7-11(13(20)21)15-16-18/h3-7H,8H2,1-2H3,(H,14,19)(H,20,21). The van der Waals surface area contributed by atoms with Crippen molar-refractivity contribution in [3.8, 4) is 0 Å². The normalized spacial score (nSPS) is 10.2. The number of hydrogen-bond acceptors (Lipinski definition) is 5. The second-order valence-electron chi connectivity index (χ2n) is 4.60. The fourth-order valence-corrected chi connectivity index (χ4v) is 1.66. The Morgan fingerprint density at radius 3 is 2.48 bits per heavy atom. The number of rotatable bonds is 5. The molecule has 0 spiro atoms. The molecule has 2 aromatic rings. The number of anilines is 2. The lowest BCUT2D eigenvalue weighted by atomic mass is 10.2. The summed E-state index contributed by atoms with van der Waals surface area (Å²) in [6.45, 7) is -0.101. The van der Waals surface area contributed by atoms with Crippen LogP contribution in [-0.2, 0) is 11.3 Å². The van der Waals surface area contributed by atoms with Crippen molar-refractivity contribution >= 4 is 23.3 Å². The third-order valence-electron chi connectivity index (χ3n) is 2.73. The van der Waals surface area contributed by atoms with E-state index in [2.05, 4.69) is 15.6 Å². The van der Waals surface area contributed by atoms with E-state index in [1.807, 2.05) is 31.1 Å². The van der Waals surface area contributed by atoms with Gasteiger partial charge in [-0.2, -0.15) is 0 Å². The molecule has 0 atom stereocenters. The van der Waals surface area contributed by atoms with Crippen LogP contribution < -0.4 is 10.2 Å². The number of amides is 1. The summed E-state index contributed by atoms with van der Waals surface area (Å²) in [6.07, 6.45) is 1.21. The predicted molar refractivity (Wildman–Crippen MR) is 76.4 cm³/mol. The molecular weight excluding hydrogens is 274 g/mol. The largest absolute Gasteiger partial charge is 0.476 e. The van der Waals surface area contributed by atoms with Gasteiger partial charge in [-0.25, -0.2) is 9.48 Å². The molecule has 0 radical (unpaired) electrons. The van der Waals surface area contributed by atoms with E-state index >= 15 is 0 Å². The van der Waals surface area contributed by atoms with E-state index in [0.717, 1.165) is 5.69 Å². The minimum absolute atomic E-state index is 0.101. The molecule has 1 aromatic heterocycles. The molecule has 2 N–H and O–H groups in total. The first-order valence-electron chi connectivity index (χ1n) is 6.16. The predicted octanol–water partition coefficient (Wildman–Crippen LogP) is 0.681. The molecule has 0 saturated heterocycles. The molecular formula is C13H15N5O3. The molecule has 8 nitrogen and oxygen atoms in total. The van der Waals surface area contributed by atoms with Gasteiger partial charge in [-0.15, -0.1) is 5.10 Å². The Bertz CT molecular complexity index is 648. The van der Waals surface area contributed by atoms with Crippen molar-refractivity contribution in [1.82, 2.24) is 15.0 Å². The third kappa shape index (κ3) is 3.78. The maximum atomic E-state index is 11.8. The van der Waals surface area contributed by atoms with Crippen LogP contribution in [0.15, 0.2) is 30.5 Å². The second kappa shape index (κ2) is 6.04.